The van der Waals surface area contributed by atoms with Crippen LogP contribution < -0.4 is 0 Å². The molecule has 3 nitrogen and oxygen atoms in total. The molecule has 0 aromatic heterocycles. The van der Waals surface area contributed by atoms with E-state index in [1.807, 2.05) is 25.9 Å². The molecule has 0 atom stereocenters. The number of carbonyl (C=O) groups is 1. The van der Waals surface area contributed by atoms with Crippen molar-refractivity contribution in [3.05, 3.63) is 35.6 Å². The van der Waals surface area contributed by atoms with E-state index in [0.717, 1.165) is 13.0 Å². The molecule has 18 heavy (non-hydrogen) atoms. The van der Waals surface area contributed by atoms with Crippen LogP contribution in [0.5, 0.6) is 0 Å². The van der Waals surface area contributed by atoms with Crippen molar-refractivity contribution < 1.29 is 9.18 Å². The standard InChI is InChI=1S/C14H21FN2O/c1-4-9-17(11-10-16(2)3)14(18)12-7-5-6-8-13(12)15/h5-8H,4,9-11H2,1-3H3. The average Bonchev–Trinajstić information content (AvgIpc) is 2.34. The molecule has 100 valence electrons. The molecule has 0 N–H and O–H groups in total. The first-order chi connectivity index (χ1) is 8.56. The number of rotatable bonds is 6. The van der Waals surface area contributed by atoms with Crippen molar-refractivity contribution >= 4 is 5.91 Å². The van der Waals surface area contributed by atoms with Crippen LogP contribution in [0, 0.1) is 5.82 Å². The normalized spacial score (nSPS) is 10.7. The number of likely N-dealkylation sites (N-methyl/N-ethyl adjacent to an activating group) is 1. The summed E-state index contributed by atoms with van der Waals surface area (Å²) in [5.41, 5.74) is 0.157. The molecule has 4 heteroatoms. The van der Waals surface area contributed by atoms with Gasteiger partial charge in [-0.1, -0.05) is 19.1 Å². The number of hydrogen-bond acceptors (Lipinski definition) is 2. The summed E-state index contributed by atoms with van der Waals surface area (Å²) in [7, 11) is 3.91. The van der Waals surface area contributed by atoms with Crippen molar-refractivity contribution in [1.29, 1.82) is 0 Å². The Morgan fingerprint density at radius 3 is 2.39 bits per heavy atom. The first-order valence-electron chi connectivity index (χ1n) is 6.24. The second kappa shape index (κ2) is 7.11. The molecule has 0 spiro atoms. The van der Waals surface area contributed by atoms with Gasteiger partial charge in [0.25, 0.3) is 5.91 Å². The highest BCUT2D eigenvalue weighted by Crippen LogP contribution is 2.10. The van der Waals surface area contributed by atoms with E-state index >= 15 is 0 Å². The zero-order valence-corrected chi connectivity index (χ0v) is 11.3. The Balaban J connectivity index is 2.79. The van der Waals surface area contributed by atoms with Crippen LogP contribution in [0.2, 0.25) is 0 Å². The van der Waals surface area contributed by atoms with Gasteiger partial charge in [-0.15, -0.1) is 0 Å². The number of benzene rings is 1. The molecule has 0 fully saturated rings. The largest absolute Gasteiger partial charge is 0.337 e. The lowest BCUT2D eigenvalue weighted by molar-refractivity contribution is 0.0740. The summed E-state index contributed by atoms with van der Waals surface area (Å²) in [6.07, 6.45) is 0.869. The van der Waals surface area contributed by atoms with Crippen molar-refractivity contribution in [3.8, 4) is 0 Å². The number of carbonyl (C=O) groups excluding carboxylic acids is 1. The van der Waals surface area contributed by atoms with Gasteiger partial charge in [-0.3, -0.25) is 4.79 Å². The molecular formula is C14H21FN2O. The van der Waals surface area contributed by atoms with E-state index < -0.39 is 5.82 Å². The molecule has 0 aliphatic rings. The van der Waals surface area contributed by atoms with Gasteiger partial charge in [0.1, 0.15) is 5.82 Å². The number of halogens is 1. The van der Waals surface area contributed by atoms with Gasteiger partial charge in [0.05, 0.1) is 5.56 Å². The lowest BCUT2D eigenvalue weighted by Crippen LogP contribution is -2.37. The Morgan fingerprint density at radius 2 is 1.83 bits per heavy atom. The van der Waals surface area contributed by atoms with E-state index in [4.69, 9.17) is 0 Å². The molecule has 0 saturated heterocycles. The van der Waals surface area contributed by atoms with Gasteiger partial charge in [0, 0.05) is 19.6 Å². The van der Waals surface area contributed by atoms with Crippen molar-refractivity contribution in [2.45, 2.75) is 13.3 Å². The smallest absolute Gasteiger partial charge is 0.256 e. The third-order valence-electron chi connectivity index (χ3n) is 2.70. The van der Waals surface area contributed by atoms with Crippen molar-refractivity contribution in [2.24, 2.45) is 0 Å². The molecule has 0 unspecified atom stereocenters. The lowest BCUT2D eigenvalue weighted by Gasteiger charge is -2.24. The molecule has 1 aromatic carbocycles. The summed E-state index contributed by atoms with van der Waals surface area (Å²) in [4.78, 5) is 16.0. The third kappa shape index (κ3) is 4.11. The van der Waals surface area contributed by atoms with Crippen LogP contribution >= 0.6 is 0 Å². The van der Waals surface area contributed by atoms with Crippen LogP contribution in [0.4, 0.5) is 4.39 Å². The predicted octanol–water partition coefficient (Wildman–Crippen LogP) is 2.24. The summed E-state index contributed by atoms with van der Waals surface area (Å²) in [6, 6.07) is 6.14. The summed E-state index contributed by atoms with van der Waals surface area (Å²) in [5.74, 6) is -0.676. The quantitative estimate of drug-likeness (QED) is 0.775. The zero-order valence-electron chi connectivity index (χ0n) is 11.3. The first kappa shape index (κ1) is 14.6. The van der Waals surface area contributed by atoms with Crippen molar-refractivity contribution in [1.82, 2.24) is 9.80 Å². The second-order valence-corrected chi connectivity index (χ2v) is 4.58. The number of hydrogen-bond donors (Lipinski definition) is 0. The highest BCUT2D eigenvalue weighted by atomic mass is 19.1. The Hall–Kier alpha value is -1.42. The van der Waals surface area contributed by atoms with Crippen molar-refractivity contribution in [3.63, 3.8) is 0 Å². The van der Waals surface area contributed by atoms with Gasteiger partial charge in [0.2, 0.25) is 0 Å². The predicted molar refractivity (Wildman–Crippen MR) is 71.1 cm³/mol. The van der Waals surface area contributed by atoms with Crippen molar-refractivity contribution in [2.75, 3.05) is 33.7 Å². The van der Waals surface area contributed by atoms with Gasteiger partial charge in [-0.2, -0.15) is 0 Å². The Labute approximate surface area is 108 Å². The Morgan fingerprint density at radius 1 is 1.17 bits per heavy atom. The zero-order chi connectivity index (χ0) is 13.5. The minimum atomic E-state index is -0.451. The average molecular weight is 252 g/mol. The molecule has 0 heterocycles. The fraction of sp³-hybridized carbons (Fsp3) is 0.500. The highest BCUT2D eigenvalue weighted by molar-refractivity contribution is 5.94. The topological polar surface area (TPSA) is 23.6 Å². The van der Waals surface area contributed by atoms with Crippen LogP contribution in [0.25, 0.3) is 0 Å². The van der Waals surface area contributed by atoms with Gasteiger partial charge in [-0.25, -0.2) is 4.39 Å². The molecule has 0 bridgehead atoms. The molecule has 0 aliphatic carbocycles. The third-order valence-corrected chi connectivity index (χ3v) is 2.70. The summed E-state index contributed by atoms with van der Waals surface area (Å²) < 4.78 is 13.6. The number of nitrogens with zero attached hydrogens (tertiary/aromatic N) is 2. The van der Waals surface area contributed by atoms with E-state index in [1.165, 1.54) is 12.1 Å². The maximum absolute atomic E-state index is 13.6. The summed E-state index contributed by atoms with van der Waals surface area (Å²) >= 11 is 0. The van der Waals surface area contributed by atoms with E-state index in [-0.39, 0.29) is 11.5 Å². The van der Waals surface area contributed by atoms with E-state index in [0.29, 0.717) is 13.1 Å². The molecule has 1 amide bonds. The van der Waals surface area contributed by atoms with Gasteiger partial charge >= 0.3 is 0 Å². The van der Waals surface area contributed by atoms with Gasteiger partial charge in [-0.05, 0) is 32.6 Å². The van der Waals surface area contributed by atoms with Gasteiger partial charge < -0.3 is 9.80 Å². The van der Waals surface area contributed by atoms with Crippen LogP contribution in [0.15, 0.2) is 24.3 Å². The number of amides is 1. The van der Waals surface area contributed by atoms with Crippen LogP contribution in [-0.4, -0.2) is 49.4 Å². The fourth-order valence-corrected chi connectivity index (χ4v) is 1.71. The Bertz CT molecular complexity index is 393. The van der Waals surface area contributed by atoms with E-state index in [9.17, 15) is 9.18 Å². The molecular weight excluding hydrogens is 231 g/mol. The second-order valence-electron chi connectivity index (χ2n) is 4.58. The molecule has 0 aliphatic heterocycles. The maximum Gasteiger partial charge on any atom is 0.256 e. The van der Waals surface area contributed by atoms with Gasteiger partial charge in [0.15, 0.2) is 0 Å². The maximum atomic E-state index is 13.6. The molecule has 0 saturated carbocycles. The molecule has 0 radical (unpaired) electrons. The lowest BCUT2D eigenvalue weighted by atomic mass is 10.2. The molecule has 1 aromatic rings. The fourth-order valence-electron chi connectivity index (χ4n) is 1.71. The minimum Gasteiger partial charge on any atom is -0.337 e. The van der Waals surface area contributed by atoms with Crippen LogP contribution in [-0.2, 0) is 0 Å². The minimum absolute atomic E-state index is 0.157. The molecule has 1 rings (SSSR count). The SMILES string of the molecule is CCCN(CCN(C)C)C(=O)c1ccccc1F. The summed E-state index contributed by atoms with van der Waals surface area (Å²) in [6.45, 7) is 4.06. The summed E-state index contributed by atoms with van der Waals surface area (Å²) in [5, 5.41) is 0. The van der Waals surface area contributed by atoms with Crippen LogP contribution in [0.3, 0.4) is 0 Å². The highest BCUT2D eigenvalue weighted by Gasteiger charge is 2.17. The first-order valence-corrected chi connectivity index (χ1v) is 6.24. The Kier molecular flexibility index (Phi) is 5.78. The van der Waals surface area contributed by atoms with E-state index in [1.54, 1.807) is 17.0 Å². The van der Waals surface area contributed by atoms with E-state index in [2.05, 4.69) is 0 Å². The monoisotopic (exact) mass is 252 g/mol. The van der Waals surface area contributed by atoms with Crippen LogP contribution in [0.1, 0.15) is 23.7 Å².